The Morgan fingerprint density at radius 3 is 2.33 bits per heavy atom. The molecule has 2 unspecified atom stereocenters. The van der Waals surface area contributed by atoms with Gasteiger partial charge in [0.25, 0.3) is 5.91 Å². The van der Waals surface area contributed by atoms with Crippen molar-refractivity contribution in [3.63, 3.8) is 0 Å². The summed E-state index contributed by atoms with van der Waals surface area (Å²) in [5.74, 6) is 0.886. The SMILES string of the molecule is O=C1CCC(=O)N1C1CC2CCC(C1)N2C(=O)c1cccc(Oc2ccccn2)c1. The molecule has 0 aliphatic carbocycles. The maximum Gasteiger partial charge on any atom is 0.254 e. The number of nitrogens with zero attached hydrogens (tertiary/aromatic N) is 3. The molecule has 3 fully saturated rings. The minimum Gasteiger partial charge on any atom is -0.439 e. The van der Waals surface area contributed by atoms with Crippen molar-refractivity contribution >= 4 is 17.7 Å². The predicted molar refractivity (Wildman–Crippen MR) is 108 cm³/mol. The van der Waals surface area contributed by atoms with Gasteiger partial charge in [-0.15, -0.1) is 0 Å². The van der Waals surface area contributed by atoms with Gasteiger partial charge in [-0.05, 0) is 49.9 Å². The zero-order valence-electron chi connectivity index (χ0n) is 16.6. The lowest BCUT2D eigenvalue weighted by Gasteiger charge is -2.41. The average Bonchev–Trinajstić information content (AvgIpc) is 3.23. The molecule has 0 N–H and O–H groups in total. The predicted octanol–water partition coefficient (Wildman–Crippen LogP) is 3.16. The molecule has 0 saturated carbocycles. The lowest BCUT2D eigenvalue weighted by atomic mass is 9.95. The van der Waals surface area contributed by atoms with E-state index in [0.29, 0.717) is 42.9 Å². The molecule has 2 atom stereocenters. The first-order valence-electron chi connectivity index (χ1n) is 10.5. The fourth-order valence-electron chi connectivity index (χ4n) is 5.06. The summed E-state index contributed by atoms with van der Waals surface area (Å²) in [6.45, 7) is 0. The van der Waals surface area contributed by atoms with Crippen LogP contribution in [-0.4, -0.2) is 50.6 Å². The summed E-state index contributed by atoms with van der Waals surface area (Å²) < 4.78 is 5.77. The van der Waals surface area contributed by atoms with Gasteiger partial charge in [-0.2, -0.15) is 0 Å². The lowest BCUT2D eigenvalue weighted by Crippen LogP contribution is -2.53. The largest absolute Gasteiger partial charge is 0.439 e. The number of likely N-dealkylation sites (tertiary alicyclic amines) is 1. The van der Waals surface area contributed by atoms with Crippen molar-refractivity contribution in [1.82, 2.24) is 14.8 Å². The van der Waals surface area contributed by atoms with Gasteiger partial charge in [0, 0.05) is 48.8 Å². The molecule has 3 amide bonds. The van der Waals surface area contributed by atoms with Gasteiger partial charge in [0.05, 0.1) is 0 Å². The number of rotatable bonds is 4. The van der Waals surface area contributed by atoms with Crippen molar-refractivity contribution < 1.29 is 19.1 Å². The second-order valence-corrected chi connectivity index (χ2v) is 8.18. The highest BCUT2D eigenvalue weighted by molar-refractivity contribution is 6.02. The van der Waals surface area contributed by atoms with Crippen molar-refractivity contribution in [2.75, 3.05) is 0 Å². The molecule has 4 heterocycles. The number of pyridine rings is 1. The molecule has 3 aliphatic heterocycles. The molecule has 154 valence electrons. The van der Waals surface area contributed by atoms with Crippen LogP contribution in [0.1, 0.15) is 48.9 Å². The second kappa shape index (κ2) is 7.55. The van der Waals surface area contributed by atoms with Crippen molar-refractivity contribution in [2.45, 2.75) is 56.7 Å². The van der Waals surface area contributed by atoms with E-state index in [0.717, 1.165) is 12.8 Å². The van der Waals surface area contributed by atoms with Crippen LogP contribution >= 0.6 is 0 Å². The summed E-state index contributed by atoms with van der Waals surface area (Å²) in [4.78, 5) is 45.2. The summed E-state index contributed by atoms with van der Waals surface area (Å²) in [5, 5.41) is 0. The highest BCUT2D eigenvalue weighted by Gasteiger charge is 2.47. The Kier molecular flexibility index (Phi) is 4.73. The van der Waals surface area contributed by atoms with Crippen LogP contribution in [0, 0.1) is 0 Å². The van der Waals surface area contributed by atoms with E-state index in [9.17, 15) is 14.4 Å². The minimum atomic E-state index is -0.0760. The first kappa shape index (κ1) is 18.8. The molecule has 5 rings (SSSR count). The van der Waals surface area contributed by atoms with Crippen LogP contribution in [0.5, 0.6) is 11.6 Å². The first-order valence-corrected chi connectivity index (χ1v) is 10.5. The number of imide groups is 1. The van der Waals surface area contributed by atoms with Gasteiger partial charge in [-0.3, -0.25) is 19.3 Å². The van der Waals surface area contributed by atoms with Crippen LogP contribution in [0.25, 0.3) is 0 Å². The third kappa shape index (κ3) is 3.34. The van der Waals surface area contributed by atoms with Crippen molar-refractivity contribution in [3.05, 3.63) is 54.2 Å². The Bertz CT molecular complexity index is 963. The van der Waals surface area contributed by atoms with Gasteiger partial charge in [0.2, 0.25) is 17.7 Å². The van der Waals surface area contributed by atoms with Crippen molar-refractivity contribution in [1.29, 1.82) is 0 Å². The number of piperidine rings is 1. The van der Waals surface area contributed by atoms with Crippen molar-refractivity contribution in [2.24, 2.45) is 0 Å². The fourth-order valence-corrected chi connectivity index (χ4v) is 5.06. The van der Waals surface area contributed by atoms with Crippen LogP contribution in [-0.2, 0) is 9.59 Å². The number of carbonyl (C=O) groups excluding carboxylic acids is 3. The Labute approximate surface area is 174 Å². The number of aromatic nitrogens is 1. The van der Waals surface area contributed by atoms with Crippen LogP contribution in [0.4, 0.5) is 0 Å². The van der Waals surface area contributed by atoms with E-state index in [-0.39, 0.29) is 35.8 Å². The molecular formula is C23H23N3O4. The van der Waals surface area contributed by atoms with Crippen LogP contribution in [0.3, 0.4) is 0 Å². The zero-order chi connectivity index (χ0) is 20.7. The standard InChI is InChI=1S/C23H23N3O4/c27-21-9-10-22(28)26(21)18-13-16-7-8-17(14-18)25(16)23(29)15-4-3-5-19(12-15)30-20-6-1-2-11-24-20/h1-6,11-12,16-18H,7-10,13-14H2. The monoisotopic (exact) mass is 405 g/mol. The first-order chi connectivity index (χ1) is 14.6. The topological polar surface area (TPSA) is 79.8 Å². The molecule has 3 saturated heterocycles. The third-order valence-electron chi connectivity index (χ3n) is 6.34. The van der Waals surface area contributed by atoms with Crippen molar-refractivity contribution in [3.8, 4) is 11.6 Å². The van der Waals surface area contributed by atoms with E-state index in [1.54, 1.807) is 30.5 Å². The Balaban J connectivity index is 1.32. The van der Waals surface area contributed by atoms with Crippen LogP contribution < -0.4 is 4.74 Å². The highest BCUT2D eigenvalue weighted by atomic mass is 16.5. The summed E-state index contributed by atoms with van der Waals surface area (Å²) in [6, 6.07) is 12.6. The Hall–Kier alpha value is -3.22. The minimum absolute atomic E-state index is 0.0218. The smallest absolute Gasteiger partial charge is 0.254 e. The quantitative estimate of drug-likeness (QED) is 0.730. The second-order valence-electron chi connectivity index (χ2n) is 8.18. The van der Waals surface area contributed by atoms with E-state index in [4.69, 9.17) is 4.74 Å². The molecule has 2 bridgehead atoms. The number of carbonyl (C=O) groups is 3. The maximum atomic E-state index is 13.3. The van der Waals surface area contributed by atoms with Crippen LogP contribution in [0.15, 0.2) is 48.7 Å². The summed E-state index contributed by atoms with van der Waals surface area (Å²) in [5.41, 5.74) is 0.576. The molecule has 1 aromatic carbocycles. The molecule has 0 spiro atoms. The fraction of sp³-hybridized carbons (Fsp3) is 0.391. The number of hydrogen-bond donors (Lipinski definition) is 0. The Morgan fingerprint density at radius 2 is 1.67 bits per heavy atom. The van der Waals surface area contributed by atoms with E-state index < -0.39 is 0 Å². The highest BCUT2D eigenvalue weighted by Crippen LogP contribution is 2.40. The van der Waals surface area contributed by atoms with E-state index >= 15 is 0 Å². The average molecular weight is 405 g/mol. The zero-order valence-corrected chi connectivity index (χ0v) is 16.6. The van der Waals surface area contributed by atoms with Gasteiger partial charge in [0.1, 0.15) is 5.75 Å². The summed E-state index contributed by atoms with van der Waals surface area (Å²) in [6.07, 6.45) is 5.45. The summed E-state index contributed by atoms with van der Waals surface area (Å²) >= 11 is 0. The molecular weight excluding hydrogens is 382 g/mol. The number of fused-ring (bicyclic) bond motifs is 2. The van der Waals surface area contributed by atoms with Gasteiger partial charge < -0.3 is 9.64 Å². The maximum absolute atomic E-state index is 13.3. The summed E-state index contributed by atoms with van der Waals surface area (Å²) in [7, 11) is 0. The van der Waals surface area contributed by atoms with Gasteiger partial charge in [-0.25, -0.2) is 4.98 Å². The number of amides is 3. The molecule has 0 radical (unpaired) electrons. The Morgan fingerprint density at radius 1 is 0.933 bits per heavy atom. The van der Waals surface area contributed by atoms with E-state index in [2.05, 4.69) is 4.98 Å². The van der Waals surface area contributed by atoms with E-state index in [1.165, 1.54) is 4.90 Å². The molecule has 7 heteroatoms. The number of ether oxygens (including phenoxy) is 1. The van der Waals surface area contributed by atoms with Gasteiger partial charge in [0.15, 0.2) is 0 Å². The molecule has 2 aromatic rings. The lowest BCUT2D eigenvalue weighted by molar-refractivity contribution is -0.142. The van der Waals surface area contributed by atoms with Gasteiger partial charge >= 0.3 is 0 Å². The molecule has 3 aliphatic rings. The van der Waals surface area contributed by atoms with Crippen LogP contribution in [0.2, 0.25) is 0 Å². The molecule has 1 aromatic heterocycles. The molecule has 7 nitrogen and oxygen atoms in total. The molecule has 30 heavy (non-hydrogen) atoms. The number of hydrogen-bond acceptors (Lipinski definition) is 5. The number of benzene rings is 1. The van der Waals surface area contributed by atoms with Gasteiger partial charge in [-0.1, -0.05) is 12.1 Å². The van der Waals surface area contributed by atoms with E-state index in [1.807, 2.05) is 23.1 Å². The third-order valence-corrected chi connectivity index (χ3v) is 6.34. The normalized spacial score (nSPS) is 25.7.